The molecule has 0 radical (unpaired) electrons. The minimum atomic E-state index is -5.24. The van der Waals surface area contributed by atoms with Crippen LogP contribution in [-0.2, 0) is 65.7 Å². The molecule has 0 aliphatic carbocycles. The maximum atomic E-state index is 12.6. The summed E-state index contributed by atoms with van der Waals surface area (Å²) in [7, 11) is -20.1. The van der Waals surface area contributed by atoms with Gasteiger partial charge in [-0.05, 0) is 92.4 Å². The fraction of sp³-hybridized carbons (Fsp3) is 0.319. The van der Waals surface area contributed by atoms with E-state index in [0.717, 1.165) is 28.8 Å². The molecule has 3 aliphatic rings. The summed E-state index contributed by atoms with van der Waals surface area (Å²) in [6, 6.07) is 9.84. The number of amides is 3. The predicted octanol–water partition coefficient (Wildman–Crippen LogP) is 5.43. The molecule has 4 N–H and O–H groups in total. The lowest BCUT2D eigenvalue weighted by molar-refractivity contribution is -0.438. The predicted molar refractivity (Wildman–Crippen MR) is 258 cm³/mol. The third-order valence-corrected chi connectivity index (χ3v) is 16.3. The van der Waals surface area contributed by atoms with Crippen molar-refractivity contribution in [2.24, 2.45) is 0 Å². The van der Waals surface area contributed by atoms with E-state index in [2.05, 4.69) is 5.32 Å². The zero-order chi connectivity index (χ0) is 51.5. The van der Waals surface area contributed by atoms with Gasteiger partial charge in [-0.1, -0.05) is 38.1 Å². The van der Waals surface area contributed by atoms with Crippen molar-refractivity contribution >= 4 is 96.8 Å². The number of anilines is 1. The van der Waals surface area contributed by atoms with E-state index in [1.165, 1.54) is 18.2 Å². The van der Waals surface area contributed by atoms with Crippen molar-refractivity contribution in [1.29, 1.82) is 0 Å². The molecule has 19 nitrogen and oxygen atoms in total. The number of imide groups is 1. The highest BCUT2D eigenvalue weighted by Crippen LogP contribution is 2.52. The summed E-state index contributed by atoms with van der Waals surface area (Å²) in [5, 5.41) is 3.04. The van der Waals surface area contributed by atoms with Crippen LogP contribution in [0.15, 0.2) is 116 Å². The molecule has 0 bridgehead atoms. The average molecular weight is 1040 g/mol. The number of allylic oxidation sites excluding steroid dienone is 6. The number of carbonyl (C=O) groups excluding carboxylic acids is 3. The smallest absolute Gasteiger partial charge is 0.295 e. The number of benzene rings is 4. The second-order valence-corrected chi connectivity index (χ2v) is 23.6. The van der Waals surface area contributed by atoms with Gasteiger partial charge < -0.3 is 14.8 Å². The highest BCUT2D eigenvalue weighted by molar-refractivity contribution is 7.87. The maximum absolute atomic E-state index is 12.6. The van der Waals surface area contributed by atoms with Crippen molar-refractivity contribution in [2.75, 3.05) is 31.1 Å². The molecule has 0 unspecified atom stereocenters. The lowest BCUT2D eigenvalue weighted by atomic mass is 9.79. The van der Waals surface area contributed by atoms with Crippen molar-refractivity contribution in [1.82, 2.24) is 10.2 Å². The molecule has 3 aliphatic heterocycles. The van der Waals surface area contributed by atoms with E-state index < -0.39 is 82.7 Å². The van der Waals surface area contributed by atoms with E-state index in [1.807, 2.05) is 56.2 Å². The first kappa shape index (κ1) is 51.9. The van der Waals surface area contributed by atoms with Gasteiger partial charge in [-0.3, -0.25) is 32.9 Å². The molecule has 0 spiro atoms. The molecular formula is C47H50N4O15S4. The number of nitrogens with zero attached hydrogens (tertiary/aromatic N) is 3. The minimum absolute atomic E-state index is 0.0359. The Hall–Kier alpha value is -5.92. The molecule has 0 atom stereocenters. The van der Waals surface area contributed by atoms with Crippen LogP contribution in [0.3, 0.4) is 0 Å². The van der Waals surface area contributed by atoms with Crippen molar-refractivity contribution in [2.45, 2.75) is 90.7 Å². The summed E-state index contributed by atoms with van der Waals surface area (Å²) >= 11 is 0. The third-order valence-electron chi connectivity index (χ3n) is 12.8. The quantitative estimate of drug-likeness (QED) is 0.0337. The van der Waals surface area contributed by atoms with Crippen LogP contribution < -0.4 is 10.2 Å². The third kappa shape index (κ3) is 9.88. The number of hydrogen-bond acceptors (Lipinski definition) is 13. The number of unbranched alkanes of at least 4 members (excludes halogenated alkanes) is 2. The number of rotatable bonds is 17. The lowest BCUT2D eigenvalue weighted by Gasteiger charge is -2.26. The molecule has 3 amide bonds. The molecule has 0 aromatic heterocycles. The molecule has 3 heterocycles. The van der Waals surface area contributed by atoms with Crippen LogP contribution in [0.5, 0.6) is 0 Å². The standard InChI is InChI=1S/C47H50N4O15S4/c1-6-49-35-18-16-31-33(25-29(67(55,56)57)27-37(31)69(61,62)63)44(35)46(2,3)39(49)13-9-7-10-14-40-47(4,5)45-34-26-30(68(58,59)60)28-38(70(64,65)66)32(34)17-19-36(45)50(40)23-12-8-11-15-41(52)48-22-24-51-42(53)20-21-43(51)54/h7,9-10,13-14,16-21,25-28H,6,8,11-12,15,22-24H2,1-5H3,(H4-,48,52,55,56,57,58,59,60,61,62,63,64,65,66). The summed E-state index contributed by atoms with van der Waals surface area (Å²) in [6.07, 6.45) is 13.0. The highest BCUT2D eigenvalue weighted by Gasteiger charge is 2.46. The van der Waals surface area contributed by atoms with Gasteiger partial charge in [0.05, 0.1) is 20.1 Å². The molecule has 0 saturated heterocycles. The molecule has 23 heteroatoms. The van der Waals surface area contributed by atoms with Gasteiger partial charge in [0.15, 0.2) is 5.71 Å². The fourth-order valence-corrected chi connectivity index (χ4v) is 12.4. The van der Waals surface area contributed by atoms with Crippen molar-refractivity contribution in [3.05, 3.63) is 108 Å². The number of fused-ring (bicyclic) bond motifs is 6. The summed E-state index contributed by atoms with van der Waals surface area (Å²) < 4.78 is 144. The monoisotopic (exact) mass is 1040 g/mol. The topological polar surface area (TPSA) is 293 Å². The maximum Gasteiger partial charge on any atom is 0.295 e. The van der Waals surface area contributed by atoms with Crippen LogP contribution >= 0.6 is 0 Å². The second-order valence-electron chi connectivity index (χ2n) is 18.0. The van der Waals surface area contributed by atoms with E-state index >= 15 is 0 Å². The molecular weight excluding hydrogens is 989 g/mol. The summed E-state index contributed by atoms with van der Waals surface area (Å²) in [5.41, 5.74) is 1.82. The number of nitrogens with one attached hydrogen (secondary N) is 1. The molecule has 0 saturated carbocycles. The Labute approximate surface area is 405 Å². The van der Waals surface area contributed by atoms with Gasteiger partial charge in [-0.2, -0.15) is 29.8 Å². The molecule has 4 aromatic rings. The SMILES string of the molecule is CCN1C(=C/C=C/C=C/C2=[N+](CCCCCC(=O)NCCN3C(=O)C=CC3=O)c3ccc4c(S(=O)(=O)[O-])cc(S(=O)(=O)O)cc4c3C2(C)C)C(C)(C)c2c1ccc1c(S(=O)(=O)O)cc(S(=O)(=O)O)cc21. The zero-order valence-electron chi connectivity index (χ0n) is 38.5. The molecule has 372 valence electrons. The van der Waals surface area contributed by atoms with Crippen LogP contribution in [0.2, 0.25) is 0 Å². The van der Waals surface area contributed by atoms with Gasteiger partial charge in [-0.15, -0.1) is 0 Å². The van der Waals surface area contributed by atoms with Crippen molar-refractivity contribution < 1.29 is 70.8 Å². The normalized spacial score (nSPS) is 17.6. The number of carbonyl (C=O) groups is 3. The zero-order valence-corrected chi connectivity index (χ0v) is 41.8. The van der Waals surface area contributed by atoms with E-state index in [1.54, 1.807) is 30.4 Å². The molecule has 4 aromatic carbocycles. The number of likely N-dealkylation sites (N-methyl/N-ethyl adjacent to an activating group) is 1. The molecule has 0 fully saturated rings. The number of hydrogen-bond donors (Lipinski definition) is 4. The van der Waals surface area contributed by atoms with Crippen LogP contribution in [0.25, 0.3) is 21.5 Å². The largest absolute Gasteiger partial charge is 0.744 e. The first-order chi connectivity index (χ1) is 32.5. The minimum Gasteiger partial charge on any atom is -0.744 e. The van der Waals surface area contributed by atoms with Gasteiger partial charge in [-0.25, -0.2) is 8.42 Å². The summed E-state index contributed by atoms with van der Waals surface area (Å²) in [5.74, 6) is -1.16. The Balaban J connectivity index is 1.21. The first-order valence-electron chi connectivity index (χ1n) is 21.9. The second kappa shape index (κ2) is 18.7. The van der Waals surface area contributed by atoms with Gasteiger partial charge in [0.2, 0.25) is 11.6 Å². The van der Waals surface area contributed by atoms with Crippen LogP contribution in [0, 0.1) is 0 Å². The van der Waals surface area contributed by atoms with E-state index in [9.17, 15) is 66.3 Å². The van der Waals surface area contributed by atoms with E-state index in [4.69, 9.17) is 0 Å². The molecule has 7 rings (SSSR count). The van der Waals surface area contributed by atoms with Gasteiger partial charge in [0, 0.05) is 89.9 Å². The van der Waals surface area contributed by atoms with Crippen LogP contribution in [-0.4, -0.2) is 111 Å². The summed E-state index contributed by atoms with van der Waals surface area (Å²) in [6.45, 7) is 10.2. The van der Waals surface area contributed by atoms with Crippen LogP contribution in [0.1, 0.15) is 71.4 Å². The van der Waals surface area contributed by atoms with Gasteiger partial charge in [0.1, 0.15) is 21.6 Å². The Bertz CT molecular complexity index is 3540. The van der Waals surface area contributed by atoms with Crippen molar-refractivity contribution in [3.8, 4) is 0 Å². The average Bonchev–Trinajstić information content (AvgIpc) is 3.78. The Morgan fingerprint density at radius 3 is 1.87 bits per heavy atom. The van der Waals surface area contributed by atoms with Gasteiger partial charge in [0.25, 0.3) is 42.2 Å². The Morgan fingerprint density at radius 1 is 0.700 bits per heavy atom. The van der Waals surface area contributed by atoms with E-state index in [-0.39, 0.29) is 47.0 Å². The van der Waals surface area contributed by atoms with Crippen LogP contribution in [0.4, 0.5) is 11.4 Å². The van der Waals surface area contributed by atoms with Crippen molar-refractivity contribution in [3.63, 3.8) is 0 Å². The lowest BCUT2D eigenvalue weighted by Crippen LogP contribution is -2.38. The fourth-order valence-electron chi connectivity index (χ4n) is 9.71. The summed E-state index contributed by atoms with van der Waals surface area (Å²) in [4.78, 5) is 36.2. The Morgan fingerprint density at radius 2 is 1.29 bits per heavy atom. The molecule has 70 heavy (non-hydrogen) atoms. The Kier molecular flexibility index (Phi) is 13.9. The van der Waals surface area contributed by atoms with E-state index in [0.29, 0.717) is 72.7 Å². The first-order valence-corrected chi connectivity index (χ1v) is 27.6. The van der Waals surface area contributed by atoms with Gasteiger partial charge >= 0.3 is 0 Å². The highest BCUT2D eigenvalue weighted by atomic mass is 32.2.